The van der Waals surface area contributed by atoms with E-state index in [0.717, 1.165) is 11.1 Å². The summed E-state index contributed by atoms with van der Waals surface area (Å²) in [6, 6.07) is 18.0. The molecule has 1 N–H and O–H groups in total. The Morgan fingerprint density at radius 3 is 2.66 bits per heavy atom. The molecular formula is C27H25ClN2O5. The van der Waals surface area contributed by atoms with Crippen LogP contribution in [0.25, 0.3) is 6.08 Å². The molecule has 0 aliphatic carbocycles. The van der Waals surface area contributed by atoms with E-state index in [9.17, 15) is 9.59 Å². The van der Waals surface area contributed by atoms with Gasteiger partial charge in [-0.2, -0.15) is 0 Å². The van der Waals surface area contributed by atoms with E-state index < -0.39 is 0 Å². The van der Waals surface area contributed by atoms with Crippen LogP contribution in [0.5, 0.6) is 17.2 Å². The highest BCUT2D eigenvalue weighted by atomic mass is 35.5. The van der Waals surface area contributed by atoms with Crippen molar-refractivity contribution in [1.82, 2.24) is 0 Å². The number of rotatable bonds is 8. The minimum absolute atomic E-state index is 0.0411. The van der Waals surface area contributed by atoms with E-state index in [1.165, 1.54) is 6.08 Å². The number of hydrogen-bond acceptors (Lipinski definition) is 5. The van der Waals surface area contributed by atoms with Crippen LogP contribution in [0, 0.1) is 0 Å². The first-order valence-electron chi connectivity index (χ1n) is 11.1. The fourth-order valence-electron chi connectivity index (χ4n) is 3.64. The lowest BCUT2D eigenvalue weighted by atomic mass is 10.1. The highest BCUT2D eigenvalue weighted by Crippen LogP contribution is 2.35. The van der Waals surface area contributed by atoms with Crippen LogP contribution >= 0.6 is 11.6 Å². The van der Waals surface area contributed by atoms with Crippen LogP contribution in [0.15, 0.2) is 66.7 Å². The van der Waals surface area contributed by atoms with Crippen molar-refractivity contribution in [2.75, 3.05) is 30.5 Å². The Morgan fingerprint density at radius 1 is 1.11 bits per heavy atom. The quantitative estimate of drug-likeness (QED) is 0.430. The Kier molecular flexibility index (Phi) is 7.57. The van der Waals surface area contributed by atoms with Gasteiger partial charge in [0.05, 0.1) is 25.9 Å². The van der Waals surface area contributed by atoms with Gasteiger partial charge in [0.2, 0.25) is 5.91 Å². The molecule has 0 saturated carbocycles. The number of halogens is 1. The number of ether oxygens (including phenoxy) is 3. The van der Waals surface area contributed by atoms with Crippen molar-refractivity contribution in [2.24, 2.45) is 0 Å². The number of benzene rings is 3. The molecule has 2 amide bonds. The minimum atomic E-state index is -0.315. The number of methoxy groups -OCH3 is 1. The van der Waals surface area contributed by atoms with E-state index in [1.807, 2.05) is 25.1 Å². The molecule has 0 spiro atoms. The van der Waals surface area contributed by atoms with Crippen molar-refractivity contribution in [3.8, 4) is 17.2 Å². The topological polar surface area (TPSA) is 77.1 Å². The normalized spacial score (nSPS) is 12.8. The molecule has 180 valence electrons. The van der Waals surface area contributed by atoms with Crippen molar-refractivity contribution in [1.29, 1.82) is 0 Å². The summed E-state index contributed by atoms with van der Waals surface area (Å²) in [5.74, 6) is 1.33. The monoisotopic (exact) mass is 492 g/mol. The number of amides is 2. The summed E-state index contributed by atoms with van der Waals surface area (Å²) in [7, 11) is 1.57. The van der Waals surface area contributed by atoms with Crippen molar-refractivity contribution < 1.29 is 23.8 Å². The minimum Gasteiger partial charge on any atom is -0.493 e. The number of nitrogens with zero attached hydrogens (tertiary/aromatic N) is 1. The van der Waals surface area contributed by atoms with Gasteiger partial charge >= 0.3 is 0 Å². The van der Waals surface area contributed by atoms with Gasteiger partial charge in [0.25, 0.3) is 5.91 Å². The molecule has 4 rings (SSSR count). The first-order valence-corrected chi connectivity index (χ1v) is 11.5. The summed E-state index contributed by atoms with van der Waals surface area (Å²) in [5.41, 5.74) is 2.86. The van der Waals surface area contributed by atoms with Crippen LogP contribution in [0.3, 0.4) is 0 Å². The Hall–Kier alpha value is -3.97. The maximum atomic E-state index is 12.6. The lowest BCUT2D eigenvalue weighted by molar-refractivity contribution is -0.121. The standard InChI is InChI=1S/C27H25ClN2O5/c1-3-34-24-11-6-18(14-25(24)33-2)7-13-26(31)29-21-10-12-23-22(15-21)30(27(32)17-35-23)16-19-4-8-20(28)9-5-19/h4-15H,3,16-17H2,1-2H3,(H,29,31)/b13-7+. The summed E-state index contributed by atoms with van der Waals surface area (Å²) >= 11 is 5.97. The maximum absolute atomic E-state index is 12.6. The summed E-state index contributed by atoms with van der Waals surface area (Å²) in [5, 5.41) is 3.47. The zero-order valence-electron chi connectivity index (χ0n) is 19.4. The van der Waals surface area contributed by atoms with E-state index in [-0.39, 0.29) is 18.4 Å². The molecule has 35 heavy (non-hydrogen) atoms. The van der Waals surface area contributed by atoms with E-state index >= 15 is 0 Å². The third-order valence-corrected chi connectivity index (χ3v) is 5.59. The highest BCUT2D eigenvalue weighted by molar-refractivity contribution is 6.30. The molecule has 1 aliphatic heterocycles. The van der Waals surface area contributed by atoms with Crippen LogP contribution in [0.1, 0.15) is 18.1 Å². The first-order chi connectivity index (χ1) is 17.0. The van der Waals surface area contributed by atoms with Gasteiger partial charge in [-0.3, -0.25) is 9.59 Å². The van der Waals surface area contributed by atoms with Gasteiger partial charge in [0, 0.05) is 16.8 Å². The number of fused-ring (bicyclic) bond motifs is 1. The third kappa shape index (κ3) is 5.94. The smallest absolute Gasteiger partial charge is 0.265 e. The predicted molar refractivity (Wildman–Crippen MR) is 136 cm³/mol. The first kappa shape index (κ1) is 24.2. The third-order valence-electron chi connectivity index (χ3n) is 5.34. The average Bonchev–Trinajstić information content (AvgIpc) is 2.86. The van der Waals surface area contributed by atoms with Crippen LogP contribution in [-0.4, -0.2) is 32.1 Å². The SMILES string of the molecule is CCOc1ccc(/C=C/C(=O)Nc2ccc3c(c2)N(Cc2ccc(Cl)cc2)C(=O)CO3)cc1OC. The molecule has 3 aromatic rings. The van der Waals surface area contributed by atoms with Crippen LogP contribution in [0.4, 0.5) is 11.4 Å². The van der Waals surface area contributed by atoms with Crippen molar-refractivity contribution in [2.45, 2.75) is 13.5 Å². The summed E-state index contributed by atoms with van der Waals surface area (Å²) in [6.07, 6.45) is 3.12. The molecule has 0 fully saturated rings. The number of hydrogen-bond donors (Lipinski definition) is 1. The van der Waals surface area contributed by atoms with E-state index in [0.29, 0.717) is 46.8 Å². The Bertz CT molecular complexity index is 1260. The molecule has 0 saturated heterocycles. The molecule has 0 radical (unpaired) electrons. The molecule has 8 heteroatoms. The number of carbonyl (C=O) groups is 2. The van der Waals surface area contributed by atoms with Gasteiger partial charge in [-0.25, -0.2) is 0 Å². The van der Waals surface area contributed by atoms with E-state index in [4.69, 9.17) is 25.8 Å². The fraction of sp³-hybridized carbons (Fsp3) is 0.185. The number of carbonyl (C=O) groups excluding carboxylic acids is 2. The van der Waals surface area contributed by atoms with Crippen molar-refractivity contribution in [3.63, 3.8) is 0 Å². The Labute approximate surface area is 208 Å². The van der Waals surface area contributed by atoms with Gasteiger partial charge in [-0.05, 0) is 66.6 Å². The van der Waals surface area contributed by atoms with Gasteiger partial charge in [0.1, 0.15) is 5.75 Å². The molecule has 0 unspecified atom stereocenters. The second-order valence-corrected chi connectivity index (χ2v) is 8.18. The lowest BCUT2D eigenvalue weighted by Gasteiger charge is -2.30. The van der Waals surface area contributed by atoms with Crippen molar-refractivity contribution in [3.05, 3.63) is 82.9 Å². The Morgan fingerprint density at radius 2 is 1.91 bits per heavy atom. The maximum Gasteiger partial charge on any atom is 0.265 e. The molecule has 3 aromatic carbocycles. The highest BCUT2D eigenvalue weighted by Gasteiger charge is 2.26. The van der Waals surface area contributed by atoms with Gasteiger partial charge < -0.3 is 24.4 Å². The van der Waals surface area contributed by atoms with Gasteiger partial charge in [-0.15, -0.1) is 0 Å². The molecule has 7 nitrogen and oxygen atoms in total. The summed E-state index contributed by atoms with van der Waals surface area (Å²) in [4.78, 5) is 26.8. The zero-order chi connectivity index (χ0) is 24.8. The van der Waals surface area contributed by atoms with Crippen LogP contribution < -0.4 is 24.4 Å². The van der Waals surface area contributed by atoms with Gasteiger partial charge in [-0.1, -0.05) is 29.8 Å². The van der Waals surface area contributed by atoms with Crippen LogP contribution in [0.2, 0.25) is 5.02 Å². The predicted octanol–water partition coefficient (Wildman–Crippen LogP) is 5.32. The number of nitrogens with one attached hydrogen (secondary N) is 1. The summed E-state index contributed by atoms with van der Waals surface area (Å²) < 4.78 is 16.4. The second-order valence-electron chi connectivity index (χ2n) is 7.74. The largest absolute Gasteiger partial charge is 0.493 e. The lowest BCUT2D eigenvalue weighted by Crippen LogP contribution is -2.38. The zero-order valence-corrected chi connectivity index (χ0v) is 20.2. The Balaban J connectivity index is 1.48. The molecule has 1 heterocycles. The van der Waals surface area contributed by atoms with E-state index in [1.54, 1.807) is 60.6 Å². The molecule has 1 aliphatic rings. The molecule has 0 atom stereocenters. The summed E-state index contributed by atoms with van der Waals surface area (Å²) in [6.45, 7) is 2.75. The molecule has 0 aromatic heterocycles. The van der Waals surface area contributed by atoms with Crippen molar-refractivity contribution >= 4 is 40.9 Å². The van der Waals surface area contributed by atoms with Gasteiger partial charge in [0.15, 0.2) is 18.1 Å². The second kappa shape index (κ2) is 11.0. The molecular weight excluding hydrogens is 468 g/mol. The molecule has 0 bridgehead atoms. The average molecular weight is 493 g/mol. The van der Waals surface area contributed by atoms with E-state index in [2.05, 4.69) is 5.32 Å². The number of anilines is 2. The van der Waals surface area contributed by atoms with Crippen LogP contribution in [-0.2, 0) is 16.1 Å². The fourth-order valence-corrected chi connectivity index (χ4v) is 3.77.